The molecule has 2 heteroatoms. The summed E-state index contributed by atoms with van der Waals surface area (Å²) in [7, 11) is 0. The summed E-state index contributed by atoms with van der Waals surface area (Å²) in [6.07, 6.45) is 0. The van der Waals surface area contributed by atoms with Gasteiger partial charge in [-0.15, -0.1) is 11.3 Å². The summed E-state index contributed by atoms with van der Waals surface area (Å²) in [6, 6.07) is 12.4. The van der Waals surface area contributed by atoms with Crippen molar-refractivity contribution in [2.75, 3.05) is 0 Å². The fourth-order valence-electron chi connectivity index (χ4n) is 1.44. The maximum atomic E-state index is 8.90. The van der Waals surface area contributed by atoms with Crippen LogP contribution in [0.2, 0.25) is 0 Å². The molecule has 0 spiro atoms. The first-order valence-electron chi connectivity index (χ1n) is 4.36. The zero-order chi connectivity index (χ0) is 9.97. The third-order valence-electron chi connectivity index (χ3n) is 2.10. The molecule has 1 aromatic carbocycles. The van der Waals surface area contributed by atoms with Gasteiger partial charge in [0.25, 0.3) is 0 Å². The van der Waals surface area contributed by atoms with Gasteiger partial charge in [0, 0.05) is 5.56 Å². The second kappa shape index (κ2) is 3.65. The predicted octanol–water partition coefficient (Wildman–Crippen LogP) is 3.60. The van der Waals surface area contributed by atoms with E-state index < -0.39 is 0 Å². The van der Waals surface area contributed by atoms with Gasteiger partial charge < -0.3 is 0 Å². The van der Waals surface area contributed by atoms with Gasteiger partial charge in [-0.25, -0.2) is 0 Å². The SMILES string of the molecule is Cc1cccc(-c2ccsc2C#N)c1. The van der Waals surface area contributed by atoms with Crippen molar-refractivity contribution in [3.8, 4) is 17.2 Å². The highest BCUT2D eigenvalue weighted by molar-refractivity contribution is 7.11. The van der Waals surface area contributed by atoms with Gasteiger partial charge in [-0.2, -0.15) is 5.26 Å². The van der Waals surface area contributed by atoms with Crippen molar-refractivity contribution in [2.45, 2.75) is 6.92 Å². The summed E-state index contributed by atoms with van der Waals surface area (Å²) in [5.74, 6) is 0. The van der Waals surface area contributed by atoms with Crippen molar-refractivity contribution in [2.24, 2.45) is 0 Å². The summed E-state index contributed by atoms with van der Waals surface area (Å²) in [5.41, 5.74) is 3.39. The van der Waals surface area contributed by atoms with Crippen LogP contribution >= 0.6 is 11.3 Å². The molecule has 0 N–H and O–H groups in total. The van der Waals surface area contributed by atoms with Crippen LogP contribution in [-0.4, -0.2) is 0 Å². The molecule has 0 aliphatic rings. The Balaban J connectivity index is 2.56. The second-order valence-corrected chi connectivity index (χ2v) is 4.06. The molecule has 0 radical (unpaired) electrons. The highest BCUT2D eigenvalue weighted by atomic mass is 32.1. The first-order chi connectivity index (χ1) is 6.81. The molecule has 1 nitrogen and oxygen atoms in total. The molecule has 0 amide bonds. The number of aryl methyl sites for hydroxylation is 1. The maximum Gasteiger partial charge on any atom is 0.112 e. The molecule has 0 atom stereocenters. The Morgan fingerprint density at radius 1 is 1.29 bits per heavy atom. The van der Waals surface area contributed by atoms with Crippen LogP contribution in [0.3, 0.4) is 0 Å². The fraction of sp³-hybridized carbons (Fsp3) is 0.0833. The van der Waals surface area contributed by atoms with Gasteiger partial charge in [0.1, 0.15) is 10.9 Å². The van der Waals surface area contributed by atoms with Crippen LogP contribution in [-0.2, 0) is 0 Å². The summed E-state index contributed by atoms with van der Waals surface area (Å²) in [5, 5.41) is 10.9. The van der Waals surface area contributed by atoms with Gasteiger partial charge in [0.2, 0.25) is 0 Å². The third-order valence-corrected chi connectivity index (χ3v) is 2.91. The molecule has 2 rings (SSSR count). The molecule has 1 aromatic heterocycles. The Morgan fingerprint density at radius 2 is 2.14 bits per heavy atom. The van der Waals surface area contributed by atoms with Crippen molar-refractivity contribution in [3.63, 3.8) is 0 Å². The lowest BCUT2D eigenvalue weighted by Gasteiger charge is -1.99. The van der Waals surface area contributed by atoms with E-state index in [2.05, 4.69) is 25.1 Å². The van der Waals surface area contributed by atoms with E-state index in [4.69, 9.17) is 5.26 Å². The van der Waals surface area contributed by atoms with Gasteiger partial charge >= 0.3 is 0 Å². The van der Waals surface area contributed by atoms with Gasteiger partial charge in [-0.05, 0) is 23.9 Å². The van der Waals surface area contributed by atoms with Gasteiger partial charge in [0.15, 0.2) is 0 Å². The predicted molar refractivity (Wildman–Crippen MR) is 59.2 cm³/mol. The summed E-state index contributed by atoms with van der Waals surface area (Å²) >= 11 is 1.49. The zero-order valence-electron chi connectivity index (χ0n) is 7.82. The molecule has 0 fully saturated rings. The summed E-state index contributed by atoms with van der Waals surface area (Å²) in [4.78, 5) is 0.788. The number of hydrogen-bond acceptors (Lipinski definition) is 2. The Labute approximate surface area is 87.3 Å². The van der Waals surface area contributed by atoms with E-state index in [0.717, 1.165) is 16.0 Å². The van der Waals surface area contributed by atoms with E-state index in [1.54, 1.807) is 0 Å². The molecule has 0 saturated heterocycles. The minimum atomic E-state index is 0.788. The largest absolute Gasteiger partial charge is 0.192 e. The Bertz CT molecular complexity index is 491. The van der Waals surface area contributed by atoms with Crippen molar-refractivity contribution >= 4 is 11.3 Å². The molecule has 2 aromatic rings. The minimum Gasteiger partial charge on any atom is -0.192 e. The third kappa shape index (κ3) is 1.55. The standard InChI is InChI=1S/C12H9NS/c1-9-3-2-4-10(7-9)11-5-6-14-12(11)8-13/h2-7H,1H3. The molecule has 68 valence electrons. The fourth-order valence-corrected chi connectivity index (χ4v) is 2.14. The van der Waals surface area contributed by atoms with E-state index >= 15 is 0 Å². The second-order valence-electron chi connectivity index (χ2n) is 3.14. The number of nitrogens with zero attached hydrogens (tertiary/aromatic N) is 1. The average Bonchev–Trinajstić information content (AvgIpc) is 2.65. The van der Waals surface area contributed by atoms with Crippen LogP contribution in [0.4, 0.5) is 0 Å². The van der Waals surface area contributed by atoms with E-state index in [1.807, 2.05) is 23.6 Å². The van der Waals surface area contributed by atoms with Gasteiger partial charge in [-0.1, -0.05) is 29.8 Å². The van der Waals surface area contributed by atoms with Gasteiger partial charge in [0.05, 0.1) is 0 Å². The average molecular weight is 199 g/mol. The molecule has 0 aliphatic heterocycles. The summed E-state index contributed by atoms with van der Waals surface area (Å²) in [6.45, 7) is 2.06. The lowest BCUT2D eigenvalue weighted by molar-refractivity contribution is 1.47. The molecule has 0 bridgehead atoms. The van der Waals surface area contributed by atoms with Crippen molar-refractivity contribution in [1.29, 1.82) is 5.26 Å². The van der Waals surface area contributed by atoms with E-state index in [0.29, 0.717) is 0 Å². The molecular formula is C12H9NS. The monoisotopic (exact) mass is 199 g/mol. The molecule has 14 heavy (non-hydrogen) atoms. The number of rotatable bonds is 1. The number of thiophene rings is 1. The lowest BCUT2D eigenvalue weighted by Crippen LogP contribution is -1.78. The quantitative estimate of drug-likeness (QED) is 0.688. The van der Waals surface area contributed by atoms with Crippen LogP contribution in [0.1, 0.15) is 10.4 Å². The van der Waals surface area contributed by atoms with Crippen molar-refractivity contribution in [3.05, 3.63) is 46.2 Å². The highest BCUT2D eigenvalue weighted by Gasteiger charge is 2.05. The molecule has 0 unspecified atom stereocenters. The zero-order valence-corrected chi connectivity index (χ0v) is 8.64. The Morgan fingerprint density at radius 3 is 2.86 bits per heavy atom. The van der Waals surface area contributed by atoms with Crippen LogP contribution in [0.5, 0.6) is 0 Å². The van der Waals surface area contributed by atoms with Crippen LogP contribution in [0.15, 0.2) is 35.7 Å². The normalized spacial score (nSPS) is 9.71. The molecule has 0 aliphatic carbocycles. The van der Waals surface area contributed by atoms with Crippen molar-refractivity contribution < 1.29 is 0 Å². The topological polar surface area (TPSA) is 23.8 Å². The highest BCUT2D eigenvalue weighted by Crippen LogP contribution is 2.27. The Hall–Kier alpha value is -1.59. The molecule has 1 heterocycles. The maximum absolute atomic E-state index is 8.90. The number of benzene rings is 1. The number of hydrogen-bond donors (Lipinski definition) is 0. The number of nitriles is 1. The van der Waals surface area contributed by atoms with Crippen LogP contribution in [0, 0.1) is 18.3 Å². The smallest absolute Gasteiger partial charge is 0.112 e. The first-order valence-corrected chi connectivity index (χ1v) is 5.24. The van der Waals surface area contributed by atoms with E-state index in [9.17, 15) is 0 Å². The van der Waals surface area contributed by atoms with Gasteiger partial charge in [-0.3, -0.25) is 0 Å². The Kier molecular flexibility index (Phi) is 2.34. The van der Waals surface area contributed by atoms with Crippen LogP contribution in [0.25, 0.3) is 11.1 Å². The lowest BCUT2D eigenvalue weighted by atomic mass is 10.0. The van der Waals surface area contributed by atoms with E-state index in [1.165, 1.54) is 16.9 Å². The van der Waals surface area contributed by atoms with Crippen molar-refractivity contribution in [1.82, 2.24) is 0 Å². The first kappa shape index (κ1) is 8.98. The summed E-state index contributed by atoms with van der Waals surface area (Å²) < 4.78 is 0. The van der Waals surface area contributed by atoms with E-state index in [-0.39, 0.29) is 0 Å². The minimum absolute atomic E-state index is 0.788. The van der Waals surface area contributed by atoms with Crippen LogP contribution < -0.4 is 0 Å². The molecule has 0 saturated carbocycles. The molecular weight excluding hydrogens is 190 g/mol.